The molecular formula is C14H17ClN2O2S2. The van der Waals surface area contributed by atoms with E-state index in [-0.39, 0.29) is 0 Å². The molecule has 0 aliphatic heterocycles. The van der Waals surface area contributed by atoms with Gasteiger partial charge in [-0.2, -0.15) is 0 Å². The van der Waals surface area contributed by atoms with Crippen molar-refractivity contribution in [3.63, 3.8) is 0 Å². The molecule has 114 valence electrons. The van der Waals surface area contributed by atoms with Crippen LogP contribution in [0.25, 0.3) is 0 Å². The average molecular weight is 345 g/mol. The van der Waals surface area contributed by atoms with Gasteiger partial charge < -0.3 is 5.32 Å². The van der Waals surface area contributed by atoms with Crippen molar-refractivity contribution in [3.8, 4) is 0 Å². The molecule has 2 aromatic rings. The second-order valence-corrected chi connectivity index (χ2v) is 8.05. The highest BCUT2D eigenvalue weighted by atomic mass is 35.5. The van der Waals surface area contributed by atoms with Gasteiger partial charge in [-0.15, -0.1) is 11.3 Å². The molecule has 21 heavy (non-hydrogen) atoms. The molecule has 2 rings (SSSR count). The van der Waals surface area contributed by atoms with Gasteiger partial charge in [0.2, 0.25) is 0 Å². The summed E-state index contributed by atoms with van der Waals surface area (Å²) in [5.74, 6) is 0. The van der Waals surface area contributed by atoms with Crippen molar-refractivity contribution in [3.05, 3.63) is 45.8 Å². The second-order valence-electron chi connectivity index (χ2n) is 4.57. The van der Waals surface area contributed by atoms with Crippen LogP contribution in [0.15, 0.2) is 34.5 Å². The molecule has 0 fully saturated rings. The van der Waals surface area contributed by atoms with Crippen molar-refractivity contribution in [2.45, 2.75) is 24.6 Å². The largest absolute Gasteiger partial charge is 0.312 e. The van der Waals surface area contributed by atoms with Gasteiger partial charge in [-0.1, -0.05) is 24.6 Å². The molecule has 0 saturated carbocycles. The Hall–Kier alpha value is -1.08. The van der Waals surface area contributed by atoms with Crippen LogP contribution in [0, 0.1) is 6.92 Å². The summed E-state index contributed by atoms with van der Waals surface area (Å²) in [6.45, 7) is 5.46. The summed E-state index contributed by atoms with van der Waals surface area (Å²) in [7, 11) is -3.57. The normalized spacial score (nSPS) is 11.6. The summed E-state index contributed by atoms with van der Waals surface area (Å²) in [6.07, 6.45) is 0. The number of hydrogen-bond donors (Lipinski definition) is 2. The first-order valence-electron chi connectivity index (χ1n) is 6.51. The summed E-state index contributed by atoms with van der Waals surface area (Å²) in [5, 5.41) is 3.70. The molecule has 0 bridgehead atoms. The van der Waals surface area contributed by atoms with Crippen LogP contribution in [0.5, 0.6) is 0 Å². The third-order valence-corrected chi connectivity index (χ3v) is 6.20. The highest BCUT2D eigenvalue weighted by Gasteiger charge is 2.19. The molecule has 0 aliphatic rings. The number of anilines is 1. The summed E-state index contributed by atoms with van der Waals surface area (Å²) >= 11 is 7.15. The molecule has 0 amide bonds. The Kier molecular flexibility index (Phi) is 5.27. The van der Waals surface area contributed by atoms with Crippen LogP contribution in [-0.4, -0.2) is 15.0 Å². The SMILES string of the molecule is CCNCc1sc(S(=O)(=O)Nc2cccc(Cl)c2)cc1C. The maximum absolute atomic E-state index is 12.4. The van der Waals surface area contributed by atoms with Crippen molar-refractivity contribution < 1.29 is 8.42 Å². The Balaban J connectivity index is 2.23. The zero-order chi connectivity index (χ0) is 15.5. The number of sulfonamides is 1. The average Bonchev–Trinajstić information content (AvgIpc) is 2.78. The van der Waals surface area contributed by atoms with Gasteiger partial charge >= 0.3 is 0 Å². The van der Waals surface area contributed by atoms with Gasteiger partial charge in [0.05, 0.1) is 5.69 Å². The number of nitrogens with one attached hydrogen (secondary N) is 2. The first kappa shape index (κ1) is 16.3. The fourth-order valence-electron chi connectivity index (χ4n) is 1.79. The van der Waals surface area contributed by atoms with E-state index in [0.29, 0.717) is 21.5 Å². The Bertz CT molecular complexity index is 726. The lowest BCUT2D eigenvalue weighted by Crippen LogP contribution is -2.11. The Morgan fingerprint density at radius 3 is 2.71 bits per heavy atom. The van der Waals surface area contributed by atoms with Gasteiger partial charge in [0.15, 0.2) is 0 Å². The summed E-state index contributed by atoms with van der Waals surface area (Å²) in [6, 6.07) is 8.35. The van der Waals surface area contributed by atoms with Crippen LogP contribution in [0.3, 0.4) is 0 Å². The van der Waals surface area contributed by atoms with E-state index in [2.05, 4.69) is 10.0 Å². The molecule has 0 saturated heterocycles. The maximum atomic E-state index is 12.4. The fraction of sp³-hybridized carbons (Fsp3) is 0.286. The molecule has 0 spiro atoms. The number of halogens is 1. The van der Waals surface area contributed by atoms with E-state index in [1.807, 2.05) is 13.8 Å². The van der Waals surface area contributed by atoms with E-state index in [1.54, 1.807) is 30.3 Å². The smallest absolute Gasteiger partial charge is 0.271 e. The van der Waals surface area contributed by atoms with Gasteiger partial charge in [-0.3, -0.25) is 4.72 Å². The molecule has 0 unspecified atom stereocenters. The molecule has 1 aromatic carbocycles. The number of thiophene rings is 1. The summed E-state index contributed by atoms with van der Waals surface area (Å²) in [5.41, 5.74) is 1.44. The minimum Gasteiger partial charge on any atom is -0.312 e. The minimum atomic E-state index is -3.57. The Morgan fingerprint density at radius 1 is 1.29 bits per heavy atom. The lowest BCUT2D eigenvalue weighted by atomic mass is 10.3. The van der Waals surface area contributed by atoms with Gasteiger partial charge in [0, 0.05) is 16.4 Å². The molecule has 2 N–H and O–H groups in total. The molecular weight excluding hydrogens is 328 g/mol. The molecule has 7 heteroatoms. The second kappa shape index (κ2) is 6.79. The van der Waals surface area contributed by atoms with Gasteiger partial charge in [0.1, 0.15) is 4.21 Å². The van der Waals surface area contributed by atoms with Gasteiger partial charge in [0.25, 0.3) is 10.0 Å². The third kappa shape index (κ3) is 4.20. The zero-order valence-electron chi connectivity index (χ0n) is 11.8. The molecule has 0 aliphatic carbocycles. The predicted molar refractivity (Wildman–Crippen MR) is 88.7 cm³/mol. The monoisotopic (exact) mass is 344 g/mol. The Morgan fingerprint density at radius 2 is 2.05 bits per heavy atom. The number of benzene rings is 1. The van der Waals surface area contributed by atoms with Crippen molar-refractivity contribution >= 4 is 38.6 Å². The van der Waals surface area contributed by atoms with Crippen molar-refractivity contribution in [1.29, 1.82) is 0 Å². The lowest BCUT2D eigenvalue weighted by molar-refractivity contribution is 0.603. The van der Waals surface area contributed by atoms with Crippen LogP contribution in [0.2, 0.25) is 5.02 Å². The quantitative estimate of drug-likeness (QED) is 0.841. The Labute approximate surface area is 134 Å². The van der Waals surface area contributed by atoms with E-state index in [0.717, 1.165) is 17.0 Å². The van der Waals surface area contributed by atoms with Crippen LogP contribution in [-0.2, 0) is 16.6 Å². The van der Waals surface area contributed by atoms with Gasteiger partial charge in [-0.25, -0.2) is 8.42 Å². The number of aryl methyl sites for hydroxylation is 1. The number of rotatable bonds is 6. The van der Waals surface area contributed by atoms with E-state index >= 15 is 0 Å². The zero-order valence-corrected chi connectivity index (χ0v) is 14.2. The topological polar surface area (TPSA) is 58.2 Å². The molecule has 0 atom stereocenters. The minimum absolute atomic E-state index is 0.313. The lowest BCUT2D eigenvalue weighted by Gasteiger charge is -2.06. The van der Waals surface area contributed by atoms with E-state index < -0.39 is 10.0 Å². The standard InChI is InChI=1S/C14H17ClN2O2S2/c1-3-16-9-13-10(2)7-14(20-13)21(18,19)17-12-6-4-5-11(15)8-12/h4-8,16-17H,3,9H2,1-2H3. The van der Waals surface area contributed by atoms with E-state index in [4.69, 9.17) is 11.6 Å². The third-order valence-electron chi connectivity index (χ3n) is 2.88. The van der Waals surface area contributed by atoms with Crippen LogP contribution < -0.4 is 10.0 Å². The molecule has 1 heterocycles. The summed E-state index contributed by atoms with van der Waals surface area (Å²) in [4.78, 5) is 1.03. The highest BCUT2D eigenvalue weighted by molar-refractivity contribution is 7.94. The highest BCUT2D eigenvalue weighted by Crippen LogP contribution is 2.28. The van der Waals surface area contributed by atoms with Crippen molar-refractivity contribution in [1.82, 2.24) is 5.32 Å². The van der Waals surface area contributed by atoms with Crippen LogP contribution in [0.1, 0.15) is 17.4 Å². The van der Waals surface area contributed by atoms with Crippen LogP contribution in [0.4, 0.5) is 5.69 Å². The van der Waals surface area contributed by atoms with Crippen molar-refractivity contribution in [2.75, 3.05) is 11.3 Å². The molecule has 4 nitrogen and oxygen atoms in total. The maximum Gasteiger partial charge on any atom is 0.271 e. The first-order valence-corrected chi connectivity index (χ1v) is 9.18. The first-order chi connectivity index (χ1) is 9.92. The number of hydrogen-bond acceptors (Lipinski definition) is 4. The summed E-state index contributed by atoms with van der Waals surface area (Å²) < 4.78 is 27.6. The van der Waals surface area contributed by atoms with Gasteiger partial charge in [-0.05, 0) is 43.3 Å². The van der Waals surface area contributed by atoms with E-state index in [1.165, 1.54) is 11.3 Å². The molecule has 1 aromatic heterocycles. The predicted octanol–water partition coefficient (Wildman–Crippen LogP) is 3.62. The van der Waals surface area contributed by atoms with E-state index in [9.17, 15) is 8.42 Å². The van der Waals surface area contributed by atoms with Crippen molar-refractivity contribution in [2.24, 2.45) is 0 Å². The fourth-order valence-corrected chi connectivity index (χ4v) is 4.59. The van der Waals surface area contributed by atoms with Crippen LogP contribution >= 0.6 is 22.9 Å². The molecule has 0 radical (unpaired) electrons.